The Hall–Kier alpha value is -1.13. The molecular weight excluding hydrogens is 221 g/mol. The Morgan fingerprint density at radius 2 is 2.13 bits per heavy atom. The molecule has 15 heavy (non-hydrogen) atoms. The molecule has 0 unspecified atom stereocenters. The zero-order valence-electron chi connectivity index (χ0n) is 8.34. The highest BCUT2D eigenvalue weighted by Gasteiger charge is 2.23. The molecule has 0 heterocycles. The molecule has 0 aliphatic rings. The Labute approximate surface area is 91.9 Å². The molecule has 5 heteroatoms. The van der Waals surface area contributed by atoms with Gasteiger partial charge in [0.05, 0.1) is 5.02 Å². The molecule has 1 amide bonds. The van der Waals surface area contributed by atoms with E-state index in [1.807, 2.05) is 0 Å². The van der Waals surface area contributed by atoms with Crippen LogP contribution < -0.4 is 5.32 Å². The van der Waals surface area contributed by atoms with Crippen molar-refractivity contribution in [3.8, 4) is 0 Å². The van der Waals surface area contributed by atoms with Crippen LogP contribution in [-0.2, 0) is 4.79 Å². The van der Waals surface area contributed by atoms with E-state index in [0.29, 0.717) is 0 Å². The van der Waals surface area contributed by atoms with Gasteiger partial charge < -0.3 is 10.4 Å². The van der Waals surface area contributed by atoms with Crippen molar-refractivity contribution in [3.05, 3.63) is 29.0 Å². The van der Waals surface area contributed by atoms with Crippen LogP contribution in [0.15, 0.2) is 18.2 Å². The smallest absolute Gasteiger partial charge is 0.255 e. The van der Waals surface area contributed by atoms with E-state index in [4.69, 9.17) is 11.6 Å². The number of carbonyl (C=O) groups excluding carboxylic acids is 1. The van der Waals surface area contributed by atoms with Gasteiger partial charge in [-0.15, -0.1) is 0 Å². The van der Waals surface area contributed by atoms with Crippen molar-refractivity contribution in [2.75, 3.05) is 5.32 Å². The molecular formula is C10H11ClFNO2. The summed E-state index contributed by atoms with van der Waals surface area (Å²) in [4.78, 5) is 11.3. The first-order valence-corrected chi connectivity index (χ1v) is 4.67. The van der Waals surface area contributed by atoms with Gasteiger partial charge in [0.25, 0.3) is 5.91 Å². The maximum atomic E-state index is 13.0. The Kier molecular flexibility index (Phi) is 3.31. The first kappa shape index (κ1) is 11.9. The van der Waals surface area contributed by atoms with E-state index in [-0.39, 0.29) is 10.7 Å². The summed E-state index contributed by atoms with van der Waals surface area (Å²) in [6.45, 7) is 2.68. The number of hydrogen-bond acceptors (Lipinski definition) is 2. The largest absolute Gasteiger partial charge is 0.381 e. The van der Waals surface area contributed by atoms with Crippen molar-refractivity contribution in [1.82, 2.24) is 0 Å². The molecule has 1 aromatic carbocycles. The van der Waals surface area contributed by atoms with E-state index in [1.165, 1.54) is 26.0 Å². The minimum atomic E-state index is -1.50. The quantitative estimate of drug-likeness (QED) is 0.820. The molecule has 0 spiro atoms. The Bertz CT molecular complexity index is 387. The summed E-state index contributed by atoms with van der Waals surface area (Å²) in [7, 11) is 0. The highest BCUT2D eigenvalue weighted by molar-refractivity contribution is 6.30. The predicted octanol–water partition coefficient (Wildman–Crippen LogP) is 2.19. The lowest BCUT2D eigenvalue weighted by atomic mass is 10.1. The first-order chi connectivity index (χ1) is 6.80. The molecule has 1 rings (SSSR count). The normalized spacial score (nSPS) is 11.3. The van der Waals surface area contributed by atoms with Gasteiger partial charge in [0.1, 0.15) is 11.4 Å². The molecule has 0 saturated carbocycles. The minimum absolute atomic E-state index is 0.0174. The average Bonchev–Trinajstić information content (AvgIpc) is 2.10. The lowest BCUT2D eigenvalue weighted by molar-refractivity contribution is -0.130. The molecule has 0 aliphatic heterocycles. The van der Waals surface area contributed by atoms with Gasteiger partial charge in [-0.2, -0.15) is 0 Å². The van der Waals surface area contributed by atoms with Crippen LogP contribution in [0.4, 0.5) is 10.1 Å². The number of halogens is 2. The topological polar surface area (TPSA) is 49.3 Å². The number of aliphatic hydroxyl groups is 1. The lowest BCUT2D eigenvalue weighted by Gasteiger charge is -2.16. The van der Waals surface area contributed by atoms with Crippen molar-refractivity contribution in [3.63, 3.8) is 0 Å². The molecule has 0 aliphatic carbocycles. The molecule has 0 saturated heterocycles. The number of carbonyl (C=O) groups is 1. The number of rotatable bonds is 2. The van der Waals surface area contributed by atoms with Crippen LogP contribution in [-0.4, -0.2) is 16.6 Å². The van der Waals surface area contributed by atoms with Gasteiger partial charge in [-0.25, -0.2) is 4.39 Å². The monoisotopic (exact) mass is 231 g/mol. The van der Waals surface area contributed by atoms with E-state index in [0.717, 1.165) is 6.07 Å². The zero-order valence-corrected chi connectivity index (χ0v) is 9.10. The Balaban J connectivity index is 2.83. The third-order valence-electron chi connectivity index (χ3n) is 1.73. The van der Waals surface area contributed by atoms with E-state index in [2.05, 4.69) is 5.32 Å². The maximum absolute atomic E-state index is 13.0. The van der Waals surface area contributed by atoms with Gasteiger partial charge in [0.15, 0.2) is 0 Å². The van der Waals surface area contributed by atoms with E-state index in [9.17, 15) is 14.3 Å². The van der Waals surface area contributed by atoms with Crippen molar-refractivity contribution in [1.29, 1.82) is 0 Å². The Morgan fingerprint density at radius 3 is 2.60 bits per heavy atom. The van der Waals surface area contributed by atoms with Crippen LogP contribution in [0.25, 0.3) is 0 Å². The summed E-state index contributed by atoms with van der Waals surface area (Å²) in [5.41, 5.74) is -1.25. The molecule has 0 radical (unpaired) electrons. The summed E-state index contributed by atoms with van der Waals surface area (Å²) in [5.74, 6) is -1.23. The van der Waals surface area contributed by atoms with Gasteiger partial charge in [0.2, 0.25) is 0 Å². The standard InChI is InChI=1S/C10H11ClFNO2/c1-10(2,15)9(14)13-6-3-4-7(11)8(12)5-6/h3-5,15H,1-2H3,(H,13,14). The fraction of sp³-hybridized carbons (Fsp3) is 0.300. The lowest BCUT2D eigenvalue weighted by Crippen LogP contribution is -2.36. The third kappa shape index (κ3) is 3.18. The second kappa shape index (κ2) is 4.16. The van der Waals surface area contributed by atoms with Gasteiger partial charge in [-0.1, -0.05) is 11.6 Å². The fourth-order valence-corrected chi connectivity index (χ4v) is 0.975. The van der Waals surface area contributed by atoms with Crippen LogP contribution in [0.1, 0.15) is 13.8 Å². The summed E-state index contributed by atoms with van der Waals surface area (Å²) in [5, 5.41) is 11.7. The minimum Gasteiger partial charge on any atom is -0.381 e. The van der Waals surface area contributed by atoms with Crippen molar-refractivity contribution in [2.24, 2.45) is 0 Å². The first-order valence-electron chi connectivity index (χ1n) is 4.29. The van der Waals surface area contributed by atoms with Crippen LogP contribution >= 0.6 is 11.6 Å². The highest BCUT2D eigenvalue weighted by Crippen LogP contribution is 2.19. The van der Waals surface area contributed by atoms with Crippen molar-refractivity contribution >= 4 is 23.2 Å². The second-order valence-corrected chi connectivity index (χ2v) is 4.05. The van der Waals surface area contributed by atoms with Crippen LogP contribution in [0.5, 0.6) is 0 Å². The average molecular weight is 232 g/mol. The number of benzene rings is 1. The third-order valence-corrected chi connectivity index (χ3v) is 2.04. The van der Waals surface area contributed by atoms with E-state index in [1.54, 1.807) is 0 Å². The van der Waals surface area contributed by atoms with E-state index >= 15 is 0 Å². The van der Waals surface area contributed by atoms with Gasteiger partial charge >= 0.3 is 0 Å². The maximum Gasteiger partial charge on any atom is 0.255 e. The van der Waals surface area contributed by atoms with E-state index < -0.39 is 17.3 Å². The van der Waals surface area contributed by atoms with Gasteiger partial charge in [-0.3, -0.25) is 4.79 Å². The summed E-state index contributed by atoms with van der Waals surface area (Å²) in [6.07, 6.45) is 0. The summed E-state index contributed by atoms with van der Waals surface area (Å²) < 4.78 is 13.0. The molecule has 2 N–H and O–H groups in total. The second-order valence-electron chi connectivity index (χ2n) is 3.64. The number of amides is 1. The number of nitrogens with one attached hydrogen (secondary N) is 1. The van der Waals surface area contributed by atoms with Crippen LogP contribution in [0.3, 0.4) is 0 Å². The molecule has 3 nitrogen and oxygen atoms in total. The molecule has 0 aromatic heterocycles. The zero-order chi connectivity index (χ0) is 11.6. The van der Waals surface area contributed by atoms with Crippen LogP contribution in [0, 0.1) is 5.82 Å². The number of anilines is 1. The molecule has 0 atom stereocenters. The Morgan fingerprint density at radius 1 is 1.53 bits per heavy atom. The fourth-order valence-electron chi connectivity index (χ4n) is 0.858. The van der Waals surface area contributed by atoms with Crippen molar-refractivity contribution in [2.45, 2.75) is 19.4 Å². The number of hydrogen-bond donors (Lipinski definition) is 2. The highest BCUT2D eigenvalue weighted by atomic mass is 35.5. The molecule has 82 valence electrons. The summed E-state index contributed by atoms with van der Waals surface area (Å²) >= 11 is 5.47. The molecule has 1 aromatic rings. The van der Waals surface area contributed by atoms with Gasteiger partial charge in [-0.05, 0) is 32.0 Å². The molecule has 0 bridgehead atoms. The summed E-state index contributed by atoms with van der Waals surface area (Å²) in [6, 6.07) is 3.87. The SMILES string of the molecule is CC(C)(O)C(=O)Nc1ccc(Cl)c(F)c1. The van der Waals surface area contributed by atoms with Gasteiger partial charge in [0, 0.05) is 5.69 Å². The van der Waals surface area contributed by atoms with Crippen molar-refractivity contribution < 1.29 is 14.3 Å². The predicted molar refractivity (Wildman–Crippen MR) is 56.3 cm³/mol. The van der Waals surface area contributed by atoms with Crippen LogP contribution in [0.2, 0.25) is 5.02 Å². The molecule has 0 fully saturated rings.